The van der Waals surface area contributed by atoms with E-state index in [4.69, 9.17) is 9.47 Å². The number of fused-ring (bicyclic) bond motifs is 2. The van der Waals surface area contributed by atoms with Crippen LogP contribution in [0.1, 0.15) is 154 Å². The lowest BCUT2D eigenvalue weighted by Gasteiger charge is -2.34. The summed E-state index contributed by atoms with van der Waals surface area (Å²) in [4.78, 5) is 64.7. The summed E-state index contributed by atoms with van der Waals surface area (Å²) in [5.41, 5.74) is 7.75. The Kier molecular flexibility index (Phi) is 12.1. The summed E-state index contributed by atoms with van der Waals surface area (Å²) in [6, 6.07) is 37.5. The molecule has 0 radical (unpaired) electrons. The number of ether oxygens (including phenoxy) is 2. The number of aliphatic hydroxyl groups excluding tert-OH is 2. The van der Waals surface area contributed by atoms with Gasteiger partial charge in [0.2, 0.25) is 0 Å². The van der Waals surface area contributed by atoms with E-state index in [-0.39, 0.29) is 48.0 Å². The fourth-order valence-corrected chi connectivity index (χ4v) is 11.5. The summed E-state index contributed by atoms with van der Waals surface area (Å²) in [6.07, 6.45) is 0.924. The predicted octanol–water partition coefficient (Wildman–Crippen LogP) is 14.5. The van der Waals surface area contributed by atoms with Crippen molar-refractivity contribution in [1.29, 1.82) is 0 Å². The Hall–Kier alpha value is -7.92. The van der Waals surface area contributed by atoms with Crippen molar-refractivity contribution in [3.63, 3.8) is 0 Å². The topological polar surface area (TPSA) is 134 Å². The van der Waals surface area contributed by atoms with Gasteiger partial charge in [-0.2, -0.15) is 0 Å². The van der Waals surface area contributed by atoms with Gasteiger partial charge in [-0.05, 0) is 129 Å². The third kappa shape index (κ3) is 7.52. The smallest absolute Gasteiger partial charge is 0.266 e. The highest BCUT2D eigenvalue weighted by Gasteiger charge is 2.42. The molecule has 0 bridgehead atoms. The van der Waals surface area contributed by atoms with Crippen LogP contribution in [0.4, 0.5) is 11.4 Å². The van der Waals surface area contributed by atoms with Crippen LogP contribution in [0, 0.1) is 0 Å². The molecule has 74 heavy (non-hydrogen) atoms. The van der Waals surface area contributed by atoms with Crippen LogP contribution in [0.3, 0.4) is 0 Å². The minimum Gasteiger partial charge on any atom is -0.457 e. The van der Waals surface area contributed by atoms with Crippen molar-refractivity contribution in [3.8, 4) is 23.0 Å². The number of carbonyl (C=O) groups is 4. The Morgan fingerprint density at radius 2 is 0.716 bits per heavy atom. The Balaban J connectivity index is 1.25. The monoisotopic (exact) mass is 982 g/mol. The first-order valence-corrected chi connectivity index (χ1v) is 25.7. The quantitative estimate of drug-likeness (QED) is 0.0625. The van der Waals surface area contributed by atoms with E-state index in [9.17, 15) is 10.2 Å². The highest BCUT2D eigenvalue weighted by molar-refractivity contribution is 6.46. The Bertz CT molecular complexity index is 3490. The van der Waals surface area contributed by atoms with E-state index in [1.807, 2.05) is 97.1 Å². The molecular weight excluding hydrogens is 925 g/mol. The minimum atomic E-state index is -0.487. The van der Waals surface area contributed by atoms with Crippen LogP contribution in [0.2, 0.25) is 0 Å². The van der Waals surface area contributed by atoms with E-state index in [0.717, 1.165) is 33.4 Å². The molecule has 11 rings (SSSR count). The van der Waals surface area contributed by atoms with E-state index in [2.05, 4.69) is 55.4 Å². The maximum Gasteiger partial charge on any atom is 0.266 e. The van der Waals surface area contributed by atoms with Crippen molar-refractivity contribution in [1.82, 2.24) is 0 Å². The highest BCUT2D eigenvalue weighted by atomic mass is 16.5. The van der Waals surface area contributed by atoms with E-state index >= 15 is 19.2 Å². The van der Waals surface area contributed by atoms with Gasteiger partial charge >= 0.3 is 0 Å². The lowest BCUT2D eigenvalue weighted by molar-refractivity contribution is 0.0877. The second-order valence-corrected chi connectivity index (χ2v) is 20.9. The van der Waals surface area contributed by atoms with Crippen LogP contribution in [0.15, 0.2) is 121 Å². The van der Waals surface area contributed by atoms with Crippen LogP contribution in [-0.2, 0) is 12.8 Å². The van der Waals surface area contributed by atoms with E-state index in [1.54, 1.807) is 24.3 Å². The van der Waals surface area contributed by atoms with Gasteiger partial charge in [-0.15, -0.1) is 0 Å². The second-order valence-electron chi connectivity index (χ2n) is 20.9. The molecule has 4 amide bonds. The zero-order valence-electron chi connectivity index (χ0n) is 42.9. The van der Waals surface area contributed by atoms with Gasteiger partial charge in [-0.1, -0.05) is 128 Å². The molecule has 0 atom stereocenters. The maximum absolute atomic E-state index is 15.6. The van der Waals surface area contributed by atoms with Crippen LogP contribution in [0.25, 0.3) is 43.1 Å². The first-order valence-electron chi connectivity index (χ1n) is 25.7. The number of para-hydroxylation sites is 2. The van der Waals surface area contributed by atoms with E-state index < -0.39 is 23.6 Å². The molecule has 10 heteroatoms. The Labute approximate surface area is 430 Å². The standard InChI is InChI=1S/C64H58N2O8/c1-33(2)41-11-9-12-42(34(3)4)59(41)65-61(69)47-25-23-45-56-52(74-40-21-17-38(18-22-40)28-30-68)32-50-54-48(62(70)66(64(50)72)60-43(35(5)6)13-10-14-44(60)36(7)8)26-24-46(58(54)56)55-51(31-49(63(65)71)53(47)57(45)55)73-39-19-15-37(16-20-39)27-29-67/h9-26,31-36,67-68H,27-30H2,1-8H3. The number of hydrogen-bond acceptors (Lipinski definition) is 8. The third-order valence-electron chi connectivity index (χ3n) is 15.0. The molecule has 0 saturated heterocycles. The van der Waals surface area contributed by atoms with Gasteiger partial charge in [0.05, 0.1) is 22.5 Å². The molecule has 0 aliphatic carbocycles. The van der Waals surface area contributed by atoms with E-state index in [0.29, 0.717) is 101 Å². The van der Waals surface area contributed by atoms with Gasteiger partial charge in [0.25, 0.3) is 23.6 Å². The lowest BCUT2D eigenvalue weighted by atomic mass is 9.80. The van der Waals surface area contributed by atoms with Crippen molar-refractivity contribution in [2.75, 3.05) is 23.0 Å². The van der Waals surface area contributed by atoms with Crippen molar-refractivity contribution in [2.24, 2.45) is 0 Å². The minimum absolute atomic E-state index is 0.00951. The number of imide groups is 2. The zero-order chi connectivity index (χ0) is 52.0. The second kappa shape index (κ2) is 18.5. The zero-order valence-corrected chi connectivity index (χ0v) is 42.9. The molecular formula is C64H58N2O8. The molecule has 9 aromatic carbocycles. The molecule has 0 aromatic heterocycles. The fraction of sp³-hybridized carbons (Fsp3) is 0.250. The number of nitrogens with zero attached hydrogens (tertiary/aromatic N) is 2. The van der Waals surface area contributed by atoms with Crippen LogP contribution < -0.4 is 19.3 Å². The number of aliphatic hydroxyl groups is 2. The summed E-state index contributed by atoms with van der Waals surface area (Å²) in [7, 11) is 0. The fourth-order valence-electron chi connectivity index (χ4n) is 11.5. The average Bonchev–Trinajstić information content (AvgIpc) is 3.38. The number of amides is 4. The van der Waals surface area contributed by atoms with Crippen LogP contribution >= 0.6 is 0 Å². The Morgan fingerprint density at radius 3 is 1.03 bits per heavy atom. The first-order chi connectivity index (χ1) is 35.6. The Morgan fingerprint density at radius 1 is 0.392 bits per heavy atom. The molecule has 0 unspecified atom stereocenters. The van der Waals surface area contributed by atoms with Crippen LogP contribution in [0.5, 0.6) is 23.0 Å². The molecule has 0 fully saturated rings. The number of carbonyl (C=O) groups excluding carboxylic acids is 4. The van der Waals surface area contributed by atoms with Gasteiger partial charge in [-0.3, -0.25) is 19.2 Å². The number of anilines is 2. The largest absolute Gasteiger partial charge is 0.457 e. The average molecular weight is 983 g/mol. The molecule has 2 aliphatic heterocycles. The summed E-state index contributed by atoms with van der Waals surface area (Å²) in [5.74, 6) is -0.288. The van der Waals surface area contributed by atoms with Gasteiger partial charge in [0, 0.05) is 56.7 Å². The summed E-state index contributed by atoms with van der Waals surface area (Å²) in [6.45, 7) is 16.4. The SMILES string of the molecule is CC(C)c1cccc(C(C)C)c1N1C(=O)c2ccc3c4c(Oc5ccc(CCO)cc5)cc5c6c(ccc(c7c(Oc8ccc(CCO)cc8)cc(c2c37)C1=O)c64)C(=O)N(c1c(C(C)C)cccc1C(C)C)C5=O. The van der Waals surface area contributed by atoms with Crippen molar-refractivity contribution in [2.45, 2.75) is 91.9 Å². The third-order valence-corrected chi connectivity index (χ3v) is 15.0. The van der Waals surface area contributed by atoms with Crippen molar-refractivity contribution >= 4 is 78.1 Å². The summed E-state index contributed by atoms with van der Waals surface area (Å²) < 4.78 is 13.9. The van der Waals surface area contributed by atoms with Gasteiger partial charge in [-0.25, -0.2) is 9.80 Å². The molecule has 2 aliphatic rings. The van der Waals surface area contributed by atoms with Crippen molar-refractivity contribution in [3.05, 3.63) is 177 Å². The van der Waals surface area contributed by atoms with Gasteiger partial charge in [0.15, 0.2) is 0 Å². The molecule has 2 heterocycles. The number of hydrogen-bond donors (Lipinski definition) is 2. The summed E-state index contributed by atoms with van der Waals surface area (Å²) in [5, 5.41) is 24.0. The predicted molar refractivity (Wildman–Crippen MR) is 294 cm³/mol. The maximum atomic E-state index is 15.6. The normalized spacial score (nSPS) is 13.8. The molecule has 9 aromatic rings. The molecule has 372 valence electrons. The number of rotatable bonds is 14. The first kappa shape index (κ1) is 48.4. The van der Waals surface area contributed by atoms with E-state index in [1.165, 1.54) is 9.80 Å². The van der Waals surface area contributed by atoms with Gasteiger partial charge < -0.3 is 19.7 Å². The molecule has 10 nitrogen and oxygen atoms in total. The lowest BCUT2D eigenvalue weighted by Crippen LogP contribution is -2.42. The highest BCUT2D eigenvalue weighted by Crippen LogP contribution is 2.54. The molecule has 0 spiro atoms. The van der Waals surface area contributed by atoms with Gasteiger partial charge in [0.1, 0.15) is 23.0 Å². The van der Waals surface area contributed by atoms with Crippen molar-refractivity contribution < 1.29 is 38.9 Å². The summed E-state index contributed by atoms with van der Waals surface area (Å²) >= 11 is 0. The molecule has 2 N–H and O–H groups in total. The van der Waals surface area contributed by atoms with Crippen LogP contribution in [-0.4, -0.2) is 47.1 Å². The molecule has 0 saturated carbocycles. The number of benzene rings is 9.